The van der Waals surface area contributed by atoms with Gasteiger partial charge in [0.2, 0.25) is 0 Å². The van der Waals surface area contributed by atoms with E-state index in [1.807, 2.05) is 30.3 Å². The smallest absolute Gasteiger partial charge is 0.365 e. The highest BCUT2D eigenvalue weighted by molar-refractivity contribution is 8.13. The highest BCUT2D eigenvalue weighted by Crippen LogP contribution is 2.36. The number of thiophene rings is 1. The predicted octanol–water partition coefficient (Wildman–Crippen LogP) is 4.86. The summed E-state index contributed by atoms with van der Waals surface area (Å²) in [7, 11) is 0. The Labute approximate surface area is 165 Å². The topological polar surface area (TPSA) is 72.2 Å². The predicted molar refractivity (Wildman–Crippen MR) is 110 cm³/mol. The van der Waals surface area contributed by atoms with E-state index < -0.39 is 10.6 Å². The maximum atomic E-state index is 13.3. The summed E-state index contributed by atoms with van der Waals surface area (Å²) in [5.74, 6) is 0.537. The van der Waals surface area contributed by atoms with Gasteiger partial charge in [-0.05, 0) is 55.5 Å². The van der Waals surface area contributed by atoms with Crippen LogP contribution in [0.4, 0.5) is 4.79 Å². The van der Waals surface area contributed by atoms with Crippen LogP contribution < -0.4 is 5.56 Å². The van der Waals surface area contributed by atoms with Gasteiger partial charge in [0.25, 0.3) is 5.56 Å². The Balaban J connectivity index is 1.91. The summed E-state index contributed by atoms with van der Waals surface area (Å²) in [5, 5.41) is 7.83. The summed E-state index contributed by atoms with van der Waals surface area (Å²) in [5.41, 5.74) is 2.92. The molecule has 2 aromatic heterocycles. The number of hydrogen-bond acceptors (Lipinski definition) is 5. The molecule has 1 unspecified atom stereocenters. The van der Waals surface area contributed by atoms with Crippen molar-refractivity contribution >= 4 is 38.6 Å². The molecule has 3 aromatic rings. The van der Waals surface area contributed by atoms with Crippen LogP contribution in [0.5, 0.6) is 0 Å². The number of rotatable bonds is 4. The van der Waals surface area contributed by atoms with Gasteiger partial charge in [0.05, 0.1) is 17.3 Å². The SMILES string of the molecule is CC(SC(=O)O)c1nc2c3c(sc2c(=O)n1Cc1ccccc1)CCCC3. The summed E-state index contributed by atoms with van der Waals surface area (Å²) in [6.45, 7) is 2.19. The number of nitrogens with zero attached hydrogens (tertiary/aromatic N) is 2. The summed E-state index contributed by atoms with van der Waals surface area (Å²) in [6.07, 6.45) is 4.21. The Morgan fingerprint density at radius 2 is 2.04 bits per heavy atom. The van der Waals surface area contributed by atoms with Crippen molar-refractivity contribution in [1.82, 2.24) is 9.55 Å². The third-order valence-electron chi connectivity index (χ3n) is 4.91. The van der Waals surface area contributed by atoms with Gasteiger partial charge in [-0.1, -0.05) is 30.3 Å². The minimum atomic E-state index is -0.963. The second-order valence-corrected chi connectivity index (χ2v) is 9.16. The number of carboxylic acid groups (broad SMARTS) is 1. The number of aromatic nitrogens is 2. The molecule has 0 radical (unpaired) electrons. The van der Waals surface area contributed by atoms with E-state index in [0.717, 1.165) is 48.5 Å². The first-order chi connectivity index (χ1) is 13.0. The van der Waals surface area contributed by atoms with Crippen LogP contribution in [-0.4, -0.2) is 20.0 Å². The minimum absolute atomic E-state index is 0.0592. The zero-order valence-corrected chi connectivity index (χ0v) is 16.6. The summed E-state index contributed by atoms with van der Waals surface area (Å²) >= 11 is 2.35. The van der Waals surface area contributed by atoms with Crippen LogP contribution in [0.15, 0.2) is 35.1 Å². The van der Waals surface area contributed by atoms with Crippen LogP contribution >= 0.6 is 23.1 Å². The molecule has 2 heterocycles. The van der Waals surface area contributed by atoms with Crippen molar-refractivity contribution in [1.29, 1.82) is 0 Å². The highest BCUT2D eigenvalue weighted by Gasteiger charge is 2.25. The number of hydrogen-bond donors (Lipinski definition) is 1. The Kier molecular flexibility index (Phi) is 5.06. The lowest BCUT2D eigenvalue weighted by Gasteiger charge is -2.17. The molecule has 1 aromatic carbocycles. The van der Waals surface area contributed by atoms with E-state index in [1.54, 1.807) is 22.8 Å². The fraction of sp³-hybridized carbons (Fsp3) is 0.350. The van der Waals surface area contributed by atoms with E-state index in [-0.39, 0.29) is 5.56 Å². The molecule has 1 aliphatic carbocycles. The molecule has 1 aliphatic rings. The van der Waals surface area contributed by atoms with Gasteiger partial charge in [-0.3, -0.25) is 9.36 Å². The molecular formula is C20H20N2O3S2. The van der Waals surface area contributed by atoms with E-state index in [2.05, 4.69) is 0 Å². The fourth-order valence-corrected chi connectivity index (χ4v) is 5.51. The molecule has 0 saturated heterocycles. The lowest BCUT2D eigenvalue weighted by atomic mass is 9.98. The first-order valence-electron chi connectivity index (χ1n) is 9.03. The maximum absolute atomic E-state index is 13.3. The zero-order valence-electron chi connectivity index (χ0n) is 15.0. The number of thioether (sulfide) groups is 1. The van der Waals surface area contributed by atoms with Crippen LogP contribution in [-0.2, 0) is 19.4 Å². The second kappa shape index (κ2) is 7.48. The van der Waals surface area contributed by atoms with Gasteiger partial charge in [-0.25, -0.2) is 9.78 Å². The highest BCUT2D eigenvalue weighted by atomic mass is 32.2. The zero-order chi connectivity index (χ0) is 19.0. The molecular weight excluding hydrogens is 380 g/mol. The van der Waals surface area contributed by atoms with Crippen molar-refractivity contribution in [2.75, 3.05) is 0 Å². The molecule has 1 atom stereocenters. The number of carbonyl (C=O) groups is 1. The molecule has 0 amide bonds. The van der Waals surface area contributed by atoms with E-state index in [1.165, 1.54) is 10.4 Å². The van der Waals surface area contributed by atoms with Crippen LogP contribution in [0.2, 0.25) is 0 Å². The molecule has 4 rings (SSSR count). The molecule has 1 N–H and O–H groups in total. The first-order valence-corrected chi connectivity index (χ1v) is 10.7. The van der Waals surface area contributed by atoms with Gasteiger partial charge in [0.15, 0.2) is 0 Å². The maximum Gasteiger partial charge on any atom is 0.365 e. The van der Waals surface area contributed by atoms with E-state index in [9.17, 15) is 14.7 Å². The lowest BCUT2D eigenvalue weighted by Crippen LogP contribution is -2.26. The van der Waals surface area contributed by atoms with Gasteiger partial charge in [0, 0.05) is 4.88 Å². The average Bonchev–Trinajstić information content (AvgIpc) is 3.03. The standard InChI is InChI=1S/C20H20N2O3S2/c1-12(26-20(24)25)18-21-16-14-9-5-6-10-15(14)27-17(16)19(23)22(18)11-13-7-3-2-4-8-13/h2-4,7-8,12H,5-6,9-11H2,1H3,(H,24,25). The molecule has 0 saturated carbocycles. The molecule has 27 heavy (non-hydrogen) atoms. The van der Waals surface area contributed by atoms with Crippen molar-refractivity contribution < 1.29 is 9.90 Å². The van der Waals surface area contributed by atoms with Crippen molar-refractivity contribution in [3.05, 3.63) is 62.5 Å². The lowest BCUT2D eigenvalue weighted by molar-refractivity contribution is 0.222. The van der Waals surface area contributed by atoms with Gasteiger partial charge in [-0.2, -0.15) is 0 Å². The van der Waals surface area contributed by atoms with Crippen LogP contribution in [0, 0.1) is 0 Å². The van der Waals surface area contributed by atoms with Gasteiger partial charge < -0.3 is 5.11 Å². The Bertz CT molecular complexity index is 1060. The fourth-order valence-electron chi connectivity index (χ4n) is 3.65. The van der Waals surface area contributed by atoms with Crippen LogP contribution in [0.25, 0.3) is 10.2 Å². The van der Waals surface area contributed by atoms with Gasteiger partial charge in [0.1, 0.15) is 10.5 Å². The molecule has 0 fully saturated rings. The molecule has 0 spiro atoms. The first kappa shape index (κ1) is 18.3. The molecule has 0 bridgehead atoms. The molecule has 0 aliphatic heterocycles. The average molecular weight is 401 g/mol. The van der Waals surface area contributed by atoms with Crippen molar-refractivity contribution in [2.45, 2.75) is 44.4 Å². The van der Waals surface area contributed by atoms with E-state index >= 15 is 0 Å². The van der Waals surface area contributed by atoms with E-state index in [0.29, 0.717) is 17.1 Å². The van der Waals surface area contributed by atoms with Crippen molar-refractivity contribution in [3.63, 3.8) is 0 Å². The number of benzene rings is 1. The normalized spacial score (nSPS) is 14.9. The number of fused-ring (bicyclic) bond motifs is 3. The third kappa shape index (κ3) is 3.53. The summed E-state index contributed by atoms with van der Waals surface area (Å²) in [4.78, 5) is 30.7. The molecule has 140 valence electrons. The quantitative estimate of drug-likeness (QED) is 0.677. The van der Waals surface area contributed by atoms with Gasteiger partial charge in [-0.15, -0.1) is 11.3 Å². The van der Waals surface area contributed by atoms with Crippen molar-refractivity contribution in [3.8, 4) is 0 Å². The molecule has 5 nitrogen and oxygen atoms in total. The Hall–Kier alpha value is -2.12. The van der Waals surface area contributed by atoms with Crippen LogP contribution in [0.3, 0.4) is 0 Å². The summed E-state index contributed by atoms with van der Waals surface area (Å²) < 4.78 is 2.36. The largest absolute Gasteiger partial charge is 0.473 e. The summed E-state index contributed by atoms with van der Waals surface area (Å²) in [6, 6.07) is 9.74. The minimum Gasteiger partial charge on any atom is -0.473 e. The van der Waals surface area contributed by atoms with Crippen molar-refractivity contribution in [2.24, 2.45) is 0 Å². The van der Waals surface area contributed by atoms with Crippen LogP contribution in [0.1, 0.15) is 46.8 Å². The van der Waals surface area contributed by atoms with Gasteiger partial charge >= 0.3 is 5.30 Å². The van der Waals surface area contributed by atoms with E-state index in [4.69, 9.17) is 4.98 Å². The Morgan fingerprint density at radius 3 is 2.78 bits per heavy atom. The monoisotopic (exact) mass is 400 g/mol. The number of aryl methyl sites for hydroxylation is 2. The third-order valence-corrected chi connectivity index (χ3v) is 6.95. The second-order valence-electron chi connectivity index (χ2n) is 6.76. The molecule has 7 heteroatoms. The Morgan fingerprint density at radius 1 is 1.30 bits per heavy atom.